The molecule has 2 aromatic heterocycles. The molecular weight excluding hydrogens is 380 g/mol. The summed E-state index contributed by atoms with van der Waals surface area (Å²) in [7, 11) is 4.03. The molecule has 0 aliphatic carbocycles. The van der Waals surface area contributed by atoms with Crippen LogP contribution in [0.2, 0.25) is 0 Å². The third-order valence-electron chi connectivity index (χ3n) is 3.52. The summed E-state index contributed by atoms with van der Waals surface area (Å²) in [6.07, 6.45) is 3.42. The van der Waals surface area contributed by atoms with E-state index >= 15 is 0 Å². The summed E-state index contributed by atoms with van der Waals surface area (Å²) in [6.45, 7) is 7.93. The molecule has 1 amide bonds. The number of carbonyl (C=O) groups is 1. The highest BCUT2D eigenvalue weighted by Gasteiger charge is 2.18. The van der Waals surface area contributed by atoms with Gasteiger partial charge in [-0.1, -0.05) is 5.21 Å². The number of hydrogen-bond acceptors (Lipinski definition) is 8. The molecule has 2 aromatic rings. The Balaban J connectivity index is 2.06. The van der Waals surface area contributed by atoms with Crippen LogP contribution in [0.5, 0.6) is 0 Å². The topological polar surface area (TPSA) is 103 Å². The van der Waals surface area contributed by atoms with Crippen LogP contribution in [-0.4, -0.2) is 79.8 Å². The smallest absolute Gasteiger partial charge is 0.407 e. The van der Waals surface area contributed by atoms with Crippen molar-refractivity contribution in [1.29, 1.82) is 0 Å². The van der Waals surface area contributed by atoms with E-state index in [4.69, 9.17) is 4.74 Å². The Labute approximate surface area is 170 Å². The quantitative estimate of drug-likeness (QED) is 0.663. The van der Waals surface area contributed by atoms with E-state index in [0.29, 0.717) is 30.4 Å². The number of ether oxygens (including phenoxy) is 1. The summed E-state index contributed by atoms with van der Waals surface area (Å²) in [4.78, 5) is 18.5. The first-order valence-corrected chi connectivity index (χ1v) is 10.5. The van der Waals surface area contributed by atoms with Crippen LogP contribution in [0.15, 0.2) is 6.20 Å². The fourth-order valence-electron chi connectivity index (χ4n) is 2.32. The Morgan fingerprint density at radius 2 is 2.07 bits per heavy atom. The third kappa shape index (κ3) is 7.12. The summed E-state index contributed by atoms with van der Waals surface area (Å²) < 4.78 is 8.80. The first-order valence-electron chi connectivity index (χ1n) is 9.12. The fourth-order valence-corrected chi connectivity index (χ4v) is 2.70. The number of thioether (sulfide) groups is 1. The molecule has 0 bridgehead atoms. The lowest BCUT2D eigenvalue weighted by Crippen LogP contribution is -2.34. The van der Waals surface area contributed by atoms with E-state index in [-0.39, 0.29) is 0 Å². The maximum atomic E-state index is 11.8. The summed E-state index contributed by atoms with van der Waals surface area (Å²) >= 11 is 1.65. The van der Waals surface area contributed by atoms with Gasteiger partial charge in [-0.3, -0.25) is 4.68 Å². The Bertz CT molecular complexity index is 766. The van der Waals surface area contributed by atoms with E-state index in [9.17, 15) is 4.79 Å². The van der Waals surface area contributed by atoms with Gasteiger partial charge < -0.3 is 15.0 Å². The van der Waals surface area contributed by atoms with Crippen LogP contribution in [0.3, 0.4) is 0 Å². The molecule has 2 rings (SSSR count). The van der Waals surface area contributed by atoms with Crippen LogP contribution in [-0.2, 0) is 23.6 Å². The van der Waals surface area contributed by atoms with Crippen LogP contribution in [0.4, 0.5) is 4.79 Å². The Morgan fingerprint density at radius 1 is 1.32 bits per heavy atom. The summed E-state index contributed by atoms with van der Waals surface area (Å²) in [5.74, 6) is 2.07. The number of alkyl carbamates (subject to hydrolysis) is 1. The molecule has 1 N–H and O–H groups in total. The lowest BCUT2D eigenvalue weighted by Gasteiger charge is -2.19. The van der Waals surface area contributed by atoms with Gasteiger partial charge in [-0.2, -0.15) is 16.9 Å². The molecule has 0 fully saturated rings. The second-order valence-corrected chi connectivity index (χ2v) is 8.47. The number of likely N-dealkylation sites (N-methyl/N-ethyl adjacent to an activating group) is 1. The minimum absolute atomic E-state index is 0.374. The van der Waals surface area contributed by atoms with Gasteiger partial charge in [0.25, 0.3) is 0 Å². The van der Waals surface area contributed by atoms with Gasteiger partial charge in [0.15, 0.2) is 11.6 Å². The molecule has 0 spiro atoms. The first-order chi connectivity index (χ1) is 13.2. The van der Waals surface area contributed by atoms with E-state index in [1.165, 1.54) is 0 Å². The zero-order valence-electron chi connectivity index (χ0n) is 17.5. The molecule has 0 radical (unpaired) electrons. The molecule has 0 aliphatic heterocycles. The lowest BCUT2D eigenvalue weighted by atomic mass is 10.2. The van der Waals surface area contributed by atoms with E-state index < -0.39 is 11.7 Å². The largest absolute Gasteiger partial charge is 0.444 e. The number of aromatic nitrogens is 6. The average molecular weight is 411 g/mol. The van der Waals surface area contributed by atoms with Gasteiger partial charge in [-0.05, 0) is 41.1 Å². The van der Waals surface area contributed by atoms with E-state index in [0.717, 1.165) is 18.9 Å². The van der Waals surface area contributed by atoms with Gasteiger partial charge >= 0.3 is 6.09 Å². The van der Waals surface area contributed by atoms with Gasteiger partial charge in [0.2, 0.25) is 0 Å². The van der Waals surface area contributed by atoms with Crippen molar-refractivity contribution in [1.82, 2.24) is 40.0 Å². The van der Waals surface area contributed by atoms with Crippen molar-refractivity contribution in [2.45, 2.75) is 45.2 Å². The Hall–Kier alpha value is -2.14. The second-order valence-electron chi connectivity index (χ2n) is 7.61. The molecule has 0 saturated heterocycles. The number of nitrogens with zero attached hydrogens (tertiary/aromatic N) is 7. The zero-order valence-corrected chi connectivity index (χ0v) is 18.3. The van der Waals surface area contributed by atoms with Crippen molar-refractivity contribution in [3.8, 4) is 11.5 Å². The van der Waals surface area contributed by atoms with Gasteiger partial charge in [-0.15, -0.1) is 5.10 Å². The predicted octanol–water partition coefficient (Wildman–Crippen LogP) is 1.49. The number of amides is 1. The highest BCUT2D eigenvalue weighted by Crippen LogP contribution is 2.16. The van der Waals surface area contributed by atoms with Crippen LogP contribution in [0.25, 0.3) is 11.5 Å². The highest BCUT2D eigenvalue weighted by atomic mass is 32.2. The first kappa shape index (κ1) is 22.2. The summed E-state index contributed by atoms with van der Waals surface area (Å²) in [6, 6.07) is 0. The zero-order chi connectivity index (χ0) is 20.7. The SMILES string of the molecule is CSCc1nc(-c2cn(CCN(C)C)nn2)n(CCNC(=O)OC(C)(C)C)n1. The van der Waals surface area contributed by atoms with Gasteiger partial charge in [0.1, 0.15) is 11.3 Å². The van der Waals surface area contributed by atoms with Crippen molar-refractivity contribution in [2.75, 3.05) is 33.4 Å². The maximum absolute atomic E-state index is 11.8. The predicted molar refractivity (Wildman–Crippen MR) is 109 cm³/mol. The molecule has 11 heteroatoms. The standard InChI is InChI=1S/C17H30N8O2S/c1-17(2,3)27-16(26)18-7-8-25-15(19-14(21-25)12-28-6)13-11-24(22-20-13)10-9-23(4)5/h11H,7-10,12H2,1-6H3,(H,18,26). The van der Waals surface area contributed by atoms with Crippen LogP contribution < -0.4 is 5.32 Å². The molecule has 156 valence electrons. The molecular formula is C17H30N8O2S. The molecule has 0 saturated carbocycles. The Kier molecular flexibility index (Phi) is 7.81. The monoisotopic (exact) mass is 410 g/mol. The van der Waals surface area contributed by atoms with E-state index in [1.807, 2.05) is 47.3 Å². The highest BCUT2D eigenvalue weighted by molar-refractivity contribution is 7.97. The molecule has 10 nitrogen and oxygen atoms in total. The van der Waals surface area contributed by atoms with E-state index in [2.05, 4.69) is 30.6 Å². The summed E-state index contributed by atoms with van der Waals surface area (Å²) in [5.41, 5.74) is 0.134. The van der Waals surface area contributed by atoms with E-state index in [1.54, 1.807) is 21.1 Å². The molecule has 0 atom stereocenters. The molecule has 0 aromatic carbocycles. The normalized spacial score (nSPS) is 11.8. The van der Waals surface area contributed by atoms with Crippen molar-refractivity contribution in [2.24, 2.45) is 0 Å². The second kappa shape index (κ2) is 9.87. The van der Waals surface area contributed by atoms with Crippen molar-refractivity contribution in [3.63, 3.8) is 0 Å². The van der Waals surface area contributed by atoms with Crippen molar-refractivity contribution in [3.05, 3.63) is 12.0 Å². The molecule has 2 heterocycles. The van der Waals surface area contributed by atoms with Crippen LogP contribution in [0, 0.1) is 0 Å². The number of carbonyl (C=O) groups excluding carboxylic acids is 1. The fraction of sp³-hybridized carbons (Fsp3) is 0.706. The van der Waals surface area contributed by atoms with Gasteiger partial charge in [0, 0.05) is 13.1 Å². The molecule has 28 heavy (non-hydrogen) atoms. The van der Waals surface area contributed by atoms with Crippen molar-refractivity contribution >= 4 is 17.9 Å². The summed E-state index contributed by atoms with van der Waals surface area (Å²) in [5, 5.41) is 15.7. The van der Waals surface area contributed by atoms with Gasteiger partial charge in [0.05, 0.1) is 25.0 Å². The van der Waals surface area contributed by atoms with Crippen LogP contribution >= 0.6 is 11.8 Å². The number of hydrogen-bond donors (Lipinski definition) is 1. The molecule has 0 aliphatic rings. The maximum Gasteiger partial charge on any atom is 0.407 e. The third-order valence-corrected chi connectivity index (χ3v) is 4.07. The Morgan fingerprint density at radius 3 is 2.71 bits per heavy atom. The van der Waals surface area contributed by atoms with Crippen LogP contribution in [0.1, 0.15) is 26.6 Å². The minimum Gasteiger partial charge on any atom is -0.444 e. The average Bonchev–Trinajstić information content (AvgIpc) is 3.18. The van der Waals surface area contributed by atoms with Crippen molar-refractivity contribution < 1.29 is 9.53 Å². The molecule has 0 unspecified atom stereocenters. The number of rotatable bonds is 9. The van der Waals surface area contributed by atoms with Gasteiger partial charge in [-0.25, -0.2) is 14.5 Å². The minimum atomic E-state index is -0.529. The number of nitrogens with one attached hydrogen (secondary N) is 1. The lowest BCUT2D eigenvalue weighted by molar-refractivity contribution is 0.0525.